The van der Waals surface area contributed by atoms with Crippen LogP contribution in [-0.4, -0.2) is 7.05 Å². The third-order valence-corrected chi connectivity index (χ3v) is 6.38. The predicted molar refractivity (Wildman–Crippen MR) is 90.5 cm³/mol. The summed E-state index contributed by atoms with van der Waals surface area (Å²) in [6.07, 6.45) is 5.55. The average Bonchev–Trinajstić information content (AvgIpc) is 2.69. The SMILES string of the molecule is CNC(c1sc(C)cc1C)C1CCC(C(C)(C)C)CC1. The Balaban J connectivity index is 2.06. The lowest BCUT2D eigenvalue weighted by Crippen LogP contribution is -2.32. The molecule has 0 aromatic carbocycles. The zero-order chi connectivity index (χ0) is 14.9. The molecule has 114 valence electrons. The van der Waals surface area contributed by atoms with Crippen LogP contribution in [0.4, 0.5) is 0 Å². The molecule has 1 aliphatic carbocycles. The number of hydrogen-bond acceptors (Lipinski definition) is 2. The molecule has 2 heteroatoms. The topological polar surface area (TPSA) is 12.0 Å². The van der Waals surface area contributed by atoms with E-state index in [9.17, 15) is 0 Å². The fraction of sp³-hybridized carbons (Fsp3) is 0.778. The Morgan fingerprint density at radius 2 is 1.75 bits per heavy atom. The van der Waals surface area contributed by atoms with Crippen LogP contribution in [0.5, 0.6) is 0 Å². The highest BCUT2D eigenvalue weighted by Gasteiger charge is 2.33. The maximum absolute atomic E-state index is 3.61. The summed E-state index contributed by atoms with van der Waals surface area (Å²) in [6.45, 7) is 11.7. The number of rotatable bonds is 3. The van der Waals surface area contributed by atoms with Crippen molar-refractivity contribution in [1.29, 1.82) is 0 Å². The normalized spacial score (nSPS) is 25.7. The second-order valence-electron chi connectivity index (χ2n) is 7.65. The molecular formula is C18H31NS. The lowest BCUT2D eigenvalue weighted by atomic mass is 9.68. The van der Waals surface area contributed by atoms with E-state index < -0.39 is 0 Å². The molecule has 0 spiro atoms. The third-order valence-electron chi connectivity index (χ3n) is 5.14. The van der Waals surface area contributed by atoms with Crippen molar-refractivity contribution in [3.05, 3.63) is 21.4 Å². The van der Waals surface area contributed by atoms with Gasteiger partial charge in [-0.15, -0.1) is 11.3 Å². The van der Waals surface area contributed by atoms with Crippen LogP contribution in [0.2, 0.25) is 0 Å². The molecule has 1 aliphatic rings. The van der Waals surface area contributed by atoms with Gasteiger partial charge in [0.1, 0.15) is 0 Å². The summed E-state index contributed by atoms with van der Waals surface area (Å²) in [5.41, 5.74) is 1.96. The first kappa shape index (κ1) is 16.0. The summed E-state index contributed by atoms with van der Waals surface area (Å²) in [5.74, 6) is 1.72. The van der Waals surface area contributed by atoms with Gasteiger partial charge in [-0.25, -0.2) is 0 Å². The van der Waals surface area contributed by atoms with E-state index in [4.69, 9.17) is 0 Å². The average molecular weight is 294 g/mol. The van der Waals surface area contributed by atoms with Gasteiger partial charge in [0, 0.05) is 15.8 Å². The van der Waals surface area contributed by atoms with Crippen molar-refractivity contribution < 1.29 is 0 Å². The molecule has 1 aromatic heterocycles. The van der Waals surface area contributed by atoms with E-state index in [1.165, 1.54) is 36.1 Å². The van der Waals surface area contributed by atoms with Crippen LogP contribution in [0.3, 0.4) is 0 Å². The van der Waals surface area contributed by atoms with Crippen molar-refractivity contribution in [2.45, 2.75) is 66.3 Å². The van der Waals surface area contributed by atoms with Crippen LogP contribution in [0.15, 0.2) is 6.07 Å². The first-order valence-corrected chi connectivity index (χ1v) is 8.88. The van der Waals surface area contributed by atoms with Crippen LogP contribution in [0, 0.1) is 31.1 Å². The quantitative estimate of drug-likeness (QED) is 0.778. The molecule has 1 aromatic rings. The molecule has 1 fully saturated rings. The number of nitrogens with one attached hydrogen (secondary N) is 1. The Morgan fingerprint density at radius 3 is 2.15 bits per heavy atom. The Kier molecular flexibility index (Phi) is 4.96. The summed E-state index contributed by atoms with van der Waals surface area (Å²) in [7, 11) is 2.13. The van der Waals surface area contributed by atoms with E-state index in [0.29, 0.717) is 11.5 Å². The van der Waals surface area contributed by atoms with Gasteiger partial charge in [0.25, 0.3) is 0 Å². The minimum absolute atomic E-state index is 0.482. The summed E-state index contributed by atoms with van der Waals surface area (Å²) in [4.78, 5) is 3.02. The molecule has 2 rings (SSSR count). The maximum Gasteiger partial charge on any atom is 0.0443 e. The molecule has 1 heterocycles. The van der Waals surface area contributed by atoms with Crippen molar-refractivity contribution >= 4 is 11.3 Å². The van der Waals surface area contributed by atoms with Crippen LogP contribution in [0.25, 0.3) is 0 Å². The van der Waals surface area contributed by atoms with E-state index >= 15 is 0 Å². The molecule has 1 unspecified atom stereocenters. The van der Waals surface area contributed by atoms with Crippen molar-refractivity contribution in [2.75, 3.05) is 7.05 Å². The number of hydrogen-bond donors (Lipinski definition) is 1. The van der Waals surface area contributed by atoms with Gasteiger partial charge < -0.3 is 5.32 Å². The van der Waals surface area contributed by atoms with Crippen LogP contribution in [0.1, 0.15) is 67.8 Å². The molecule has 0 bridgehead atoms. The van der Waals surface area contributed by atoms with Crippen LogP contribution in [-0.2, 0) is 0 Å². The summed E-state index contributed by atoms with van der Waals surface area (Å²) in [6, 6.07) is 2.90. The van der Waals surface area contributed by atoms with Crippen LogP contribution >= 0.6 is 11.3 Å². The highest BCUT2D eigenvalue weighted by atomic mass is 32.1. The molecule has 1 saturated carbocycles. The number of aryl methyl sites for hydroxylation is 2. The molecule has 20 heavy (non-hydrogen) atoms. The van der Waals surface area contributed by atoms with Gasteiger partial charge in [-0.05, 0) is 75.5 Å². The van der Waals surface area contributed by atoms with Gasteiger partial charge in [0.15, 0.2) is 0 Å². The van der Waals surface area contributed by atoms with Gasteiger partial charge in [-0.3, -0.25) is 0 Å². The molecule has 0 saturated heterocycles. The Morgan fingerprint density at radius 1 is 1.15 bits per heavy atom. The molecular weight excluding hydrogens is 262 g/mol. The van der Waals surface area contributed by atoms with Gasteiger partial charge in [0.2, 0.25) is 0 Å². The number of thiophene rings is 1. The van der Waals surface area contributed by atoms with Crippen LogP contribution < -0.4 is 5.32 Å². The van der Waals surface area contributed by atoms with Crippen molar-refractivity contribution in [3.8, 4) is 0 Å². The lowest BCUT2D eigenvalue weighted by Gasteiger charge is -2.39. The molecule has 0 amide bonds. The van der Waals surface area contributed by atoms with Crippen molar-refractivity contribution in [3.63, 3.8) is 0 Å². The molecule has 1 N–H and O–H groups in total. The van der Waals surface area contributed by atoms with Gasteiger partial charge in [-0.2, -0.15) is 0 Å². The first-order chi connectivity index (χ1) is 9.32. The van der Waals surface area contributed by atoms with Gasteiger partial charge >= 0.3 is 0 Å². The maximum atomic E-state index is 3.61. The minimum atomic E-state index is 0.482. The highest BCUT2D eigenvalue weighted by molar-refractivity contribution is 7.12. The van der Waals surface area contributed by atoms with E-state index in [0.717, 1.165) is 11.8 Å². The van der Waals surface area contributed by atoms with E-state index in [1.54, 1.807) is 4.88 Å². The fourth-order valence-electron chi connectivity index (χ4n) is 3.87. The summed E-state index contributed by atoms with van der Waals surface area (Å²) in [5, 5.41) is 3.61. The first-order valence-electron chi connectivity index (χ1n) is 8.07. The lowest BCUT2D eigenvalue weighted by molar-refractivity contribution is 0.135. The fourth-order valence-corrected chi connectivity index (χ4v) is 5.11. The Bertz CT molecular complexity index is 433. The summed E-state index contributed by atoms with van der Waals surface area (Å²) >= 11 is 1.98. The Labute approximate surface area is 129 Å². The van der Waals surface area contributed by atoms with Gasteiger partial charge in [0.05, 0.1) is 0 Å². The van der Waals surface area contributed by atoms with Crippen molar-refractivity contribution in [1.82, 2.24) is 5.32 Å². The zero-order valence-electron chi connectivity index (χ0n) is 14.0. The standard InChI is InChI=1S/C18H31NS/c1-12-11-13(2)20-17(12)16(19-6)14-7-9-15(10-8-14)18(3,4)5/h11,14-16,19H,7-10H2,1-6H3. The summed E-state index contributed by atoms with van der Waals surface area (Å²) < 4.78 is 0. The monoisotopic (exact) mass is 293 g/mol. The van der Waals surface area contributed by atoms with E-state index in [1.807, 2.05) is 11.3 Å². The predicted octanol–water partition coefficient (Wildman–Crippen LogP) is 5.48. The zero-order valence-corrected chi connectivity index (χ0v) is 14.9. The van der Waals surface area contributed by atoms with E-state index in [2.05, 4.69) is 53.0 Å². The Hall–Kier alpha value is -0.340. The second kappa shape index (κ2) is 6.19. The van der Waals surface area contributed by atoms with E-state index in [-0.39, 0.29) is 0 Å². The third kappa shape index (κ3) is 3.46. The molecule has 0 radical (unpaired) electrons. The van der Waals surface area contributed by atoms with Crippen molar-refractivity contribution in [2.24, 2.45) is 17.3 Å². The van der Waals surface area contributed by atoms with Gasteiger partial charge in [-0.1, -0.05) is 20.8 Å². The smallest absolute Gasteiger partial charge is 0.0443 e. The molecule has 0 aliphatic heterocycles. The largest absolute Gasteiger partial charge is 0.312 e. The second-order valence-corrected chi connectivity index (χ2v) is 8.94. The highest BCUT2D eigenvalue weighted by Crippen LogP contribution is 2.44. The molecule has 1 nitrogen and oxygen atoms in total. The molecule has 1 atom stereocenters. The minimum Gasteiger partial charge on any atom is -0.312 e.